The SMILES string of the molecule is CCC1(c2ccccc2)C2=C(CCCC2=O)Nc2ncsc21. The third-order valence-corrected chi connectivity index (χ3v) is 5.85. The Morgan fingerprint density at radius 1 is 1.27 bits per heavy atom. The number of aromatic nitrogens is 1. The van der Waals surface area contributed by atoms with Gasteiger partial charge in [-0.25, -0.2) is 4.98 Å². The minimum Gasteiger partial charge on any atom is -0.342 e. The predicted octanol–water partition coefficient (Wildman–Crippen LogP) is 4.27. The van der Waals surface area contributed by atoms with E-state index in [-0.39, 0.29) is 5.41 Å². The second kappa shape index (κ2) is 5.06. The van der Waals surface area contributed by atoms with E-state index in [2.05, 4.69) is 41.5 Å². The number of nitrogens with one attached hydrogen (secondary N) is 1. The molecule has 22 heavy (non-hydrogen) atoms. The van der Waals surface area contributed by atoms with Crippen molar-refractivity contribution < 1.29 is 4.79 Å². The van der Waals surface area contributed by atoms with E-state index in [1.165, 1.54) is 10.4 Å². The zero-order valence-corrected chi connectivity index (χ0v) is 13.4. The lowest BCUT2D eigenvalue weighted by molar-refractivity contribution is -0.116. The van der Waals surface area contributed by atoms with E-state index in [0.29, 0.717) is 12.2 Å². The first-order valence-electron chi connectivity index (χ1n) is 7.80. The molecule has 1 N–H and O–H groups in total. The highest BCUT2D eigenvalue weighted by atomic mass is 32.1. The molecule has 1 aliphatic carbocycles. The highest BCUT2D eigenvalue weighted by molar-refractivity contribution is 7.10. The second-order valence-electron chi connectivity index (χ2n) is 5.91. The molecular formula is C18H18N2OS. The van der Waals surface area contributed by atoms with Gasteiger partial charge >= 0.3 is 0 Å². The number of ketones is 1. The molecule has 0 saturated carbocycles. The van der Waals surface area contributed by atoms with Gasteiger partial charge in [0.25, 0.3) is 0 Å². The number of Topliss-reactive ketones (excluding diaryl/α,β-unsaturated/α-hetero) is 1. The fraction of sp³-hybridized carbons (Fsp3) is 0.333. The number of carbonyl (C=O) groups is 1. The summed E-state index contributed by atoms with van der Waals surface area (Å²) in [5.74, 6) is 1.22. The van der Waals surface area contributed by atoms with Crippen molar-refractivity contribution in [2.45, 2.75) is 38.0 Å². The maximum Gasteiger partial charge on any atom is 0.161 e. The van der Waals surface area contributed by atoms with Gasteiger partial charge in [-0.2, -0.15) is 0 Å². The van der Waals surface area contributed by atoms with Crippen molar-refractivity contribution in [2.24, 2.45) is 0 Å². The third kappa shape index (κ3) is 1.73. The first-order valence-corrected chi connectivity index (χ1v) is 8.68. The highest BCUT2D eigenvalue weighted by Crippen LogP contribution is 2.52. The van der Waals surface area contributed by atoms with Crippen molar-refractivity contribution in [1.29, 1.82) is 0 Å². The number of anilines is 1. The molecule has 0 bridgehead atoms. The first kappa shape index (κ1) is 13.7. The zero-order chi connectivity index (χ0) is 15.2. The van der Waals surface area contributed by atoms with Gasteiger partial charge in [-0.3, -0.25) is 4.79 Å². The number of nitrogens with zero attached hydrogens (tertiary/aromatic N) is 1. The van der Waals surface area contributed by atoms with E-state index in [9.17, 15) is 4.79 Å². The van der Waals surface area contributed by atoms with E-state index < -0.39 is 0 Å². The molecule has 0 fully saturated rings. The summed E-state index contributed by atoms with van der Waals surface area (Å²) in [6, 6.07) is 10.4. The number of thiazole rings is 1. The van der Waals surface area contributed by atoms with Gasteiger partial charge < -0.3 is 5.32 Å². The average Bonchev–Trinajstić information content (AvgIpc) is 3.02. The third-order valence-electron chi connectivity index (χ3n) is 4.86. The molecule has 2 heterocycles. The molecule has 2 aliphatic rings. The molecule has 4 rings (SSSR count). The number of benzene rings is 1. The summed E-state index contributed by atoms with van der Waals surface area (Å²) < 4.78 is 0. The number of allylic oxidation sites excluding steroid dienone is 2. The Morgan fingerprint density at radius 3 is 2.86 bits per heavy atom. The lowest BCUT2D eigenvalue weighted by Gasteiger charge is -2.41. The Bertz CT molecular complexity index is 762. The Balaban J connectivity index is 2.05. The summed E-state index contributed by atoms with van der Waals surface area (Å²) >= 11 is 1.65. The molecule has 1 unspecified atom stereocenters. The number of hydrogen-bond donors (Lipinski definition) is 1. The van der Waals surface area contributed by atoms with Crippen LogP contribution in [0.1, 0.15) is 43.0 Å². The van der Waals surface area contributed by atoms with Crippen LogP contribution < -0.4 is 5.32 Å². The standard InChI is InChI=1S/C18H18N2OS/c1-2-18(12-7-4-3-5-8-12)15-13(9-6-10-14(15)21)20-17-16(18)22-11-19-17/h3-5,7-8,11,20H,2,6,9-10H2,1H3. The summed E-state index contributed by atoms with van der Waals surface area (Å²) in [5, 5.41) is 3.43. The van der Waals surface area contributed by atoms with Gasteiger partial charge in [-0.05, 0) is 24.8 Å². The minimum atomic E-state index is -0.337. The Hall–Kier alpha value is -1.94. The van der Waals surface area contributed by atoms with E-state index in [1.807, 2.05) is 11.6 Å². The molecule has 1 atom stereocenters. The first-order chi connectivity index (χ1) is 10.8. The second-order valence-corrected chi connectivity index (χ2v) is 6.77. The van der Waals surface area contributed by atoms with Crippen molar-refractivity contribution in [3.8, 4) is 0 Å². The Labute approximate surface area is 134 Å². The van der Waals surface area contributed by atoms with E-state index in [4.69, 9.17) is 0 Å². The molecule has 3 nitrogen and oxygen atoms in total. The van der Waals surface area contributed by atoms with Crippen LogP contribution in [0.4, 0.5) is 5.82 Å². The maximum atomic E-state index is 12.8. The van der Waals surface area contributed by atoms with Crippen LogP contribution in [0.15, 0.2) is 47.1 Å². The van der Waals surface area contributed by atoms with Crippen LogP contribution in [-0.2, 0) is 10.2 Å². The van der Waals surface area contributed by atoms with Crippen LogP contribution >= 0.6 is 11.3 Å². The Kier molecular flexibility index (Phi) is 3.15. The number of hydrogen-bond acceptors (Lipinski definition) is 4. The van der Waals surface area contributed by atoms with Crippen molar-refractivity contribution in [2.75, 3.05) is 5.32 Å². The van der Waals surface area contributed by atoms with Crippen LogP contribution in [0.3, 0.4) is 0 Å². The lowest BCUT2D eigenvalue weighted by atomic mass is 9.65. The quantitative estimate of drug-likeness (QED) is 0.900. The number of fused-ring (bicyclic) bond motifs is 1. The summed E-state index contributed by atoms with van der Waals surface area (Å²) in [6.07, 6.45) is 3.40. The monoisotopic (exact) mass is 310 g/mol. The van der Waals surface area contributed by atoms with Gasteiger partial charge in [0.1, 0.15) is 5.82 Å². The van der Waals surface area contributed by atoms with Gasteiger partial charge in [0.05, 0.1) is 15.8 Å². The molecular weight excluding hydrogens is 292 g/mol. The average molecular weight is 310 g/mol. The van der Waals surface area contributed by atoms with E-state index in [1.54, 1.807) is 11.3 Å². The van der Waals surface area contributed by atoms with Crippen LogP contribution in [-0.4, -0.2) is 10.8 Å². The summed E-state index contributed by atoms with van der Waals surface area (Å²) in [7, 11) is 0. The summed E-state index contributed by atoms with van der Waals surface area (Å²) in [4.78, 5) is 18.5. The van der Waals surface area contributed by atoms with Crippen LogP contribution in [0.2, 0.25) is 0 Å². The fourth-order valence-electron chi connectivity index (χ4n) is 3.90. The number of rotatable bonds is 2. The maximum absolute atomic E-state index is 12.8. The number of carbonyl (C=O) groups excluding carboxylic acids is 1. The molecule has 1 aliphatic heterocycles. The van der Waals surface area contributed by atoms with Crippen molar-refractivity contribution in [3.05, 3.63) is 57.6 Å². The van der Waals surface area contributed by atoms with Crippen molar-refractivity contribution in [1.82, 2.24) is 4.98 Å². The normalized spacial score (nSPS) is 23.8. The highest BCUT2D eigenvalue weighted by Gasteiger charge is 2.47. The molecule has 4 heteroatoms. The summed E-state index contributed by atoms with van der Waals surface area (Å²) in [5.41, 5.74) is 4.81. The minimum absolute atomic E-state index is 0.290. The van der Waals surface area contributed by atoms with Crippen molar-refractivity contribution >= 4 is 22.9 Å². The molecule has 2 aromatic rings. The molecule has 0 saturated heterocycles. The van der Waals surface area contributed by atoms with Gasteiger partial charge in [0.2, 0.25) is 0 Å². The van der Waals surface area contributed by atoms with Crippen LogP contribution in [0.25, 0.3) is 0 Å². The zero-order valence-electron chi connectivity index (χ0n) is 12.6. The molecule has 0 radical (unpaired) electrons. The molecule has 112 valence electrons. The van der Waals surface area contributed by atoms with Crippen LogP contribution in [0.5, 0.6) is 0 Å². The molecule has 0 amide bonds. The van der Waals surface area contributed by atoms with E-state index >= 15 is 0 Å². The van der Waals surface area contributed by atoms with Gasteiger partial charge in [-0.1, -0.05) is 37.3 Å². The van der Waals surface area contributed by atoms with Gasteiger partial charge in [-0.15, -0.1) is 11.3 Å². The van der Waals surface area contributed by atoms with Gasteiger partial charge in [0.15, 0.2) is 5.78 Å². The van der Waals surface area contributed by atoms with Crippen molar-refractivity contribution in [3.63, 3.8) is 0 Å². The molecule has 1 aromatic heterocycles. The predicted molar refractivity (Wildman–Crippen MR) is 89.1 cm³/mol. The molecule has 1 aromatic carbocycles. The topological polar surface area (TPSA) is 42.0 Å². The van der Waals surface area contributed by atoms with E-state index in [0.717, 1.165) is 36.4 Å². The smallest absolute Gasteiger partial charge is 0.161 e. The molecule has 0 spiro atoms. The largest absolute Gasteiger partial charge is 0.342 e. The lowest BCUT2D eigenvalue weighted by Crippen LogP contribution is -2.39. The van der Waals surface area contributed by atoms with Gasteiger partial charge in [0, 0.05) is 17.7 Å². The fourth-order valence-corrected chi connectivity index (χ4v) is 4.94. The Morgan fingerprint density at radius 2 is 2.09 bits per heavy atom. The van der Waals surface area contributed by atoms with Crippen LogP contribution in [0, 0.1) is 0 Å². The summed E-state index contributed by atoms with van der Waals surface area (Å²) in [6.45, 7) is 2.17.